The van der Waals surface area contributed by atoms with E-state index in [1.165, 1.54) is 17.0 Å². The molecule has 2 N–H and O–H groups in total. The van der Waals surface area contributed by atoms with Gasteiger partial charge >= 0.3 is 0 Å². The van der Waals surface area contributed by atoms with Gasteiger partial charge in [-0.25, -0.2) is 4.98 Å². The molecule has 2 heterocycles. The molecule has 0 saturated heterocycles. The van der Waals surface area contributed by atoms with Gasteiger partial charge in [0.1, 0.15) is 0 Å². The van der Waals surface area contributed by atoms with Gasteiger partial charge in [-0.2, -0.15) is 5.10 Å². The van der Waals surface area contributed by atoms with Gasteiger partial charge in [-0.05, 0) is 6.42 Å². The lowest BCUT2D eigenvalue weighted by molar-refractivity contribution is 0.677. The summed E-state index contributed by atoms with van der Waals surface area (Å²) in [5.41, 5.74) is 3.64. The van der Waals surface area contributed by atoms with Crippen molar-refractivity contribution in [2.75, 3.05) is 6.54 Å². The van der Waals surface area contributed by atoms with Crippen molar-refractivity contribution in [1.29, 1.82) is 0 Å². The van der Waals surface area contributed by atoms with Crippen LogP contribution < -0.4 is 5.32 Å². The highest BCUT2D eigenvalue weighted by atomic mass is 15.3. The molecule has 0 aliphatic heterocycles. The first kappa shape index (κ1) is 11.9. The summed E-state index contributed by atoms with van der Waals surface area (Å²) in [6.07, 6.45) is 7.62. The molecule has 0 radical (unpaired) electrons. The lowest BCUT2D eigenvalue weighted by Crippen LogP contribution is -2.17. The normalized spacial score (nSPS) is 10.9. The maximum atomic E-state index is 4.42. The van der Waals surface area contributed by atoms with Gasteiger partial charge in [-0.15, -0.1) is 0 Å². The molecule has 0 atom stereocenters. The van der Waals surface area contributed by atoms with Crippen LogP contribution in [-0.2, 0) is 26.4 Å². The Morgan fingerprint density at radius 1 is 1.47 bits per heavy atom. The van der Waals surface area contributed by atoms with Crippen LogP contribution in [-0.4, -0.2) is 26.3 Å². The summed E-state index contributed by atoms with van der Waals surface area (Å²) in [4.78, 5) is 7.09. The molecule has 92 valence electrons. The van der Waals surface area contributed by atoms with Crippen LogP contribution in [0.15, 0.2) is 18.7 Å². The standard InChI is InChI=1S/C12H19N5/c1-3-12-10(8-17(2)16-12)6-13-5-4-11-7-14-9-15-11/h7-9,13H,3-6H2,1-2H3,(H,14,15). The third kappa shape index (κ3) is 3.17. The number of aromatic amines is 1. The lowest BCUT2D eigenvalue weighted by Gasteiger charge is -2.03. The van der Waals surface area contributed by atoms with Crippen LogP contribution in [0.25, 0.3) is 0 Å². The van der Waals surface area contributed by atoms with Gasteiger partial charge < -0.3 is 10.3 Å². The topological polar surface area (TPSA) is 58.5 Å². The first-order chi connectivity index (χ1) is 8.29. The molecular formula is C12H19N5. The van der Waals surface area contributed by atoms with Crippen LogP contribution in [0.5, 0.6) is 0 Å². The number of aryl methyl sites for hydroxylation is 2. The van der Waals surface area contributed by atoms with Crippen molar-refractivity contribution in [1.82, 2.24) is 25.1 Å². The van der Waals surface area contributed by atoms with Crippen molar-refractivity contribution in [3.05, 3.63) is 35.7 Å². The molecule has 2 aromatic heterocycles. The monoisotopic (exact) mass is 233 g/mol. The molecule has 17 heavy (non-hydrogen) atoms. The first-order valence-electron chi connectivity index (χ1n) is 5.99. The molecule has 0 saturated carbocycles. The van der Waals surface area contributed by atoms with Crippen molar-refractivity contribution in [2.45, 2.75) is 26.3 Å². The minimum absolute atomic E-state index is 0.880. The van der Waals surface area contributed by atoms with Crippen LogP contribution in [0.2, 0.25) is 0 Å². The number of rotatable bonds is 6. The van der Waals surface area contributed by atoms with Gasteiger partial charge in [-0.1, -0.05) is 6.92 Å². The van der Waals surface area contributed by atoms with Crippen molar-refractivity contribution in [3.8, 4) is 0 Å². The second kappa shape index (κ2) is 5.63. The molecule has 0 spiro atoms. The van der Waals surface area contributed by atoms with Crippen molar-refractivity contribution in [3.63, 3.8) is 0 Å². The Hall–Kier alpha value is -1.62. The summed E-state index contributed by atoms with van der Waals surface area (Å²) in [6, 6.07) is 0. The average Bonchev–Trinajstić information content (AvgIpc) is 2.93. The van der Waals surface area contributed by atoms with Crippen molar-refractivity contribution < 1.29 is 0 Å². The van der Waals surface area contributed by atoms with Gasteiger partial charge in [0.15, 0.2) is 0 Å². The molecule has 0 aromatic carbocycles. The van der Waals surface area contributed by atoms with E-state index in [2.05, 4.69) is 33.5 Å². The number of H-pyrrole nitrogens is 1. The van der Waals surface area contributed by atoms with Gasteiger partial charge in [-0.3, -0.25) is 4.68 Å². The van der Waals surface area contributed by atoms with Crippen LogP contribution in [0.3, 0.4) is 0 Å². The van der Waals surface area contributed by atoms with Gasteiger partial charge in [0.2, 0.25) is 0 Å². The maximum absolute atomic E-state index is 4.42. The SMILES string of the molecule is CCc1nn(C)cc1CNCCc1cnc[nH]1. The van der Waals surface area contributed by atoms with Crippen LogP contribution in [0.1, 0.15) is 23.9 Å². The summed E-state index contributed by atoms with van der Waals surface area (Å²) in [5.74, 6) is 0. The zero-order valence-electron chi connectivity index (χ0n) is 10.4. The maximum Gasteiger partial charge on any atom is 0.0921 e. The van der Waals surface area contributed by atoms with E-state index in [9.17, 15) is 0 Å². The molecular weight excluding hydrogens is 214 g/mol. The van der Waals surface area contributed by atoms with Crippen LogP contribution >= 0.6 is 0 Å². The highest BCUT2D eigenvalue weighted by Gasteiger charge is 2.04. The molecule has 0 fully saturated rings. The molecule has 0 aliphatic carbocycles. The van der Waals surface area contributed by atoms with E-state index >= 15 is 0 Å². The zero-order valence-corrected chi connectivity index (χ0v) is 10.4. The predicted molar refractivity (Wildman–Crippen MR) is 66.6 cm³/mol. The van der Waals surface area contributed by atoms with E-state index in [1.54, 1.807) is 6.33 Å². The van der Waals surface area contributed by atoms with E-state index in [4.69, 9.17) is 0 Å². The van der Waals surface area contributed by atoms with Crippen molar-refractivity contribution >= 4 is 0 Å². The number of hydrogen-bond donors (Lipinski definition) is 2. The molecule has 0 unspecified atom stereocenters. The summed E-state index contributed by atoms with van der Waals surface area (Å²) < 4.78 is 1.88. The van der Waals surface area contributed by atoms with E-state index < -0.39 is 0 Å². The Kier molecular flexibility index (Phi) is 3.93. The molecule has 2 aromatic rings. The van der Waals surface area contributed by atoms with E-state index in [-0.39, 0.29) is 0 Å². The largest absolute Gasteiger partial charge is 0.348 e. The number of imidazole rings is 1. The van der Waals surface area contributed by atoms with Gasteiger partial charge in [0, 0.05) is 50.2 Å². The Labute approximate surface area is 101 Å². The highest BCUT2D eigenvalue weighted by molar-refractivity contribution is 5.16. The first-order valence-corrected chi connectivity index (χ1v) is 5.99. The van der Waals surface area contributed by atoms with E-state index in [0.29, 0.717) is 0 Å². The quantitative estimate of drug-likeness (QED) is 0.733. The predicted octanol–water partition coefficient (Wildman–Crippen LogP) is 1.04. The number of hydrogen-bond acceptors (Lipinski definition) is 3. The fraction of sp³-hybridized carbons (Fsp3) is 0.500. The highest BCUT2D eigenvalue weighted by Crippen LogP contribution is 2.06. The van der Waals surface area contributed by atoms with E-state index in [1.807, 2.05) is 17.9 Å². The third-order valence-corrected chi connectivity index (χ3v) is 2.77. The zero-order chi connectivity index (χ0) is 12.1. The fourth-order valence-corrected chi connectivity index (χ4v) is 1.90. The van der Waals surface area contributed by atoms with Gasteiger partial charge in [0.05, 0.1) is 12.0 Å². The van der Waals surface area contributed by atoms with Crippen molar-refractivity contribution in [2.24, 2.45) is 7.05 Å². The average molecular weight is 233 g/mol. The minimum Gasteiger partial charge on any atom is -0.348 e. The lowest BCUT2D eigenvalue weighted by atomic mass is 10.2. The summed E-state index contributed by atoms with van der Waals surface area (Å²) in [7, 11) is 1.97. The molecule has 5 heteroatoms. The minimum atomic E-state index is 0.880. The summed E-state index contributed by atoms with van der Waals surface area (Å²) in [6.45, 7) is 3.96. The number of nitrogens with one attached hydrogen (secondary N) is 2. The summed E-state index contributed by atoms with van der Waals surface area (Å²) >= 11 is 0. The fourth-order valence-electron chi connectivity index (χ4n) is 1.90. The summed E-state index contributed by atoms with van der Waals surface area (Å²) in [5, 5.41) is 7.85. The van der Waals surface area contributed by atoms with Crippen LogP contribution in [0, 0.1) is 0 Å². The third-order valence-electron chi connectivity index (χ3n) is 2.77. The Morgan fingerprint density at radius 3 is 3.06 bits per heavy atom. The number of nitrogens with zero attached hydrogens (tertiary/aromatic N) is 3. The van der Waals surface area contributed by atoms with Crippen LogP contribution in [0.4, 0.5) is 0 Å². The Balaban J connectivity index is 1.77. The van der Waals surface area contributed by atoms with Gasteiger partial charge in [0.25, 0.3) is 0 Å². The number of aromatic nitrogens is 4. The van der Waals surface area contributed by atoms with E-state index in [0.717, 1.165) is 25.9 Å². The smallest absolute Gasteiger partial charge is 0.0921 e. The molecule has 5 nitrogen and oxygen atoms in total. The second-order valence-electron chi connectivity index (χ2n) is 4.13. The molecule has 2 rings (SSSR count). The molecule has 0 aliphatic rings. The molecule has 0 amide bonds. The second-order valence-corrected chi connectivity index (χ2v) is 4.13. The molecule has 0 bridgehead atoms. The Morgan fingerprint density at radius 2 is 2.35 bits per heavy atom. The Bertz CT molecular complexity index is 443.